The van der Waals surface area contributed by atoms with E-state index < -0.39 is 0 Å². The summed E-state index contributed by atoms with van der Waals surface area (Å²) < 4.78 is 1.90. The van der Waals surface area contributed by atoms with E-state index in [0.717, 1.165) is 32.0 Å². The highest BCUT2D eigenvalue weighted by Gasteiger charge is 2.06. The number of nitrogens with one attached hydrogen (secondary N) is 2. The van der Waals surface area contributed by atoms with Gasteiger partial charge >= 0.3 is 0 Å². The Bertz CT molecular complexity index is 524. The highest BCUT2D eigenvalue weighted by Crippen LogP contribution is 2.13. The highest BCUT2D eigenvalue weighted by molar-refractivity contribution is 14.0. The molecule has 2 heterocycles. The largest absolute Gasteiger partial charge is 0.356 e. The van der Waals surface area contributed by atoms with Gasteiger partial charge in [0.1, 0.15) is 0 Å². The molecule has 2 aromatic rings. The molecular formula is C15H24IN5S. The number of hydrogen-bond acceptors (Lipinski definition) is 3. The normalized spacial score (nSPS) is 12.5. The lowest BCUT2D eigenvalue weighted by Crippen LogP contribution is -2.41. The van der Waals surface area contributed by atoms with E-state index in [-0.39, 0.29) is 24.0 Å². The van der Waals surface area contributed by atoms with Crippen molar-refractivity contribution in [3.05, 3.63) is 40.8 Å². The molecule has 0 aliphatic heterocycles. The Kier molecular flexibility index (Phi) is 9.14. The fourth-order valence-electron chi connectivity index (χ4n) is 2.06. The van der Waals surface area contributed by atoms with Crippen LogP contribution in [0, 0.1) is 5.92 Å². The Morgan fingerprint density at radius 2 is 2.27 bits per heavy atom. The average Bonchev–Trinajstić information content (AvgIpc) is 3.16. The molecule has 2 rings (SSSR count). The number of aromatic nitrogens is 2. The Morgan fingerprint density at radius 1 is 1.41 bits per heavy atom. The molecule has 0 aromatic carbocycles. The molecule has 1 unspecified atom stereocenters. The van der Waals surface area contributed by atoms with Crippen LogP contribution in [0.3, 0.4) is 0 Å². The van der Waals surface area contributed by atoms with Gasteiger partial charge in [0.05, 0.1) is 6.54 Å². The van der Waals surface area contributed by atoms with Crippen LogP contribution in [0.2, 0.25) is 0 Å². The van der Waals surface area contributed by atoms with Gasteiger partial charge < -0.3 is 10.6 Å². The third-order valence-corrected chi connectivity index (χ3v) is 4.06. The minimum Gasteiger partial charge on any atom is -0.356 e. The molecule has 1 atom stereocenters. The van der Waals surface area contributed by atoms with E-state index in [4.69, 9.17) is 0 Å². The van der Waals surface area contributed by atoms with Crippen molar-refractivity contribution < 1.29 is 0 Å². The molecule has 122 valence electrons. The second kappa shape index (κ2) is 10.6. The van der Waals surface area contributed by atoms with Gasteiger partial charge in [-0.2, -0.15) is 5.10 Å². The molecule has 0 spiro atoms. The van der Waals surface area contributed by atoms with Gasteiger partial charge in [0.2, 0.25) is 0 Å². The van der Waals surface area contributed by atoms with Gasteiger partial charge in [-0.05, 0) is 29.9 Å². The van der Waals surface area contributed by atoms with Crippen molar-refractivity contribution in [2.45, 2.75) is 19.9 Å². The number of guanidine groups is 1. The lowest BCUT2D eigenvalue weighted by molar-refractivity contribution is 0.554. The summed E-state index contributed by atoms with van der Waals surface area (Å²) in [5.41, 5.74) is 0. The van der Waals surface area contributed by atoms with Crippen molar-refractivity contribution >= 4 is 41.3 Å². The average molecular weight is 433 g/mol. The molecular weight excluding hydrogens is 409 g/mol. The molecule has 0 saturated heterocycles. The molecule has 2 aromatic heterocycles. The van der Waals surface area contributed by atoms with Crippen molar-refractivity contribution in [2.75, 3.05) is 20.1 Å². The molecule has 2 N–H and O–H groups in total. The lowest BCUT2D eigenvalue weighted by Gasteiger charge is -2.15. The summed E-state index contributed by atoms with van der Waals surface area (Å²) in [6, 6.07) is 6.23. The van der Waals surface area contributed by atoms with E-state index in [2.05, 4.69) is 45.2 Å². The Hall–Kier alpha value is -1.09. The summed E-state index contributed by atoms with van der Waals surface area (Å²) in [4.78, 5) is 5.68. The van der Waals surface area contributed by atoms with E-state index in [1.807, 2.05) is 28.3 Å². The number of halogens is 1. The van der Waals surface area contributed by atoms with Gasteiger partial charge in [0, 0.05) is 37.4 Å². The van der Waals surface area contributed by atoms with Crippen molar-refractivity contribution in [1.82, 2.24) is 20.4 Å². The van der Waals surface area contributed by atoms with Crippen LogP contribution in [0.5, 0.6) is 0 Å². The molecule has 0 fully saturated rings. The van der Waals surface area contributed by atoms with E-state index in [0.29, 0.717) is 5.92 Å². The second-order valence-electron chi connectivity index (χ2n) is 5.04. The van der Waals surface area contributed by atoms with Crippen molar-refractivity contribution in [1.29, 1.82) is 0 Å². The summed E-state index contributed by atoms with van der Waals surface area (Å²) in [6.07, 6.45) is 4.86. The predicted molar refractivity (Wildman–Crippen MR) is 104 cm³/mol. The maximum absolute atomic E-state index is 4.24. The molecule has 0 radical (unpaired) electrons. The zero-order valence-electron chi connectivity index (χ0n) is 13.0. The molecule has 7 heteroatoms. The molecule has 0 bridgehead atoms. The molecule has 0 aliphatic carbocycles. The molecule has 0 saturated carbocycles. The predicted octanol–water partition coefficient (Wildman–Crippen LogP) is 2.61. The summed E-state index contributed by atoms with van der Waals surface area (Å²) in [5, 5.41) is 13.0. The maximum Gasteiger partial charge on any atom is 0.191 e. The quantitative estimate of drug-likeness (QED) is 0.401. The van der Waals surface area contributed by atoms with Crippen molar-refractivity contribution in [3.8, 4) is 0 Å². The zero-order valence-corrected chi connectivity index (χ0v) is 16.2. The Labute approximate surface area is 153 Å². The first kappa shape index (κ1) is 19.0. The van der Waals surface area contributed by atoms with Crippen LogP contribution in [0.4, 0.5) is 0 Å². The van der Waals surface area contributed by atoms with Crippen LogP contribution in [0.25, 0.3) is 0 Å². The monoisotopic (exact) mass is 433 g/mol. The third kappa shape index (κ3) is 6.78. The van der Waals surface area contributed by atoms with Crippen molar-refractivity contribution in [2.24, 2.45) is 10.9 Å². The summed E-state index contributed by atoms with van der Waals surface area (Å²) in [7, 11) is 1.80. The van der Waals surface area contributed by atoms with E-state index in [1.165, 1.54) is 4.88 Å². The van der Waals surface area contributed by atoms with Gasteiger partial charge in [-0.1, -0.05) is 13.0 Å². The number of nitrogens with zero attached hydrogens (tertiary/aromatic N) is 3. The highest BCUT2D eigenvalue weighted by atomic mass is 127. The Balaban J connectivity index is 0.00000242. The van der Waals surface area contributed by atoms with Crippen LogP contribution in [-0.2, 0) is 13.0 Å². The van der Waals surface area contributed by atoms with Crippen LogP contribution in [0.15, 0.2) is 41.0 Å². The van der Waals surface area contributed by atoms with E-state index >= 15 is 0 Å². The van der Waals surface area contributed by atoms with Gasteiger partial charge in [0.15, 0.2) is 5.96 Å². The first-order chi connectivity index (χ1) is 10.3. The van der Waals surface area contributed by atoms with E-state index in [1.54, 1.807) is 13.2 Å². The summed E-state index contributed by atoms with van der Waals surface area (Å²) >= 11 is 1.82. The summed E-state index contributed by atoms with van der Waals surface area (Å²) in [5.74, 6) is 1.42. The van der Waals surface area contributed by atoms with Crippen LogP contribution in [0.1, 0.15) is 11.8 Å². The standard InChI is InChI=1S/C15H23N5S.HI/c1-13(11-14-5-3-10-21-14)12-18-15(16-2)17-7-9-20-8-4-6-19-20;/h3-6,8,10,13H,7,9,11-12H2,1-2H3,(H2,16,17,18);1H. The molecule has 5 nitrogen and oxygen atoms in total. The number of thiophene rings is 1. The van der Waals surface area contributed by atoms with Gasteiger partial charge in [-0.25, -0.2) is 0 Å². The fourth-order valence-corrected chi connectivity index (χ4v) is 2.93. The molecule has 22 heavy (non-hydrogen) atoms. The van der Waals surface area contributed by atoms with E-state index in [9.17, 15) is 0 Å². The maximum atomic E-state index is 4.24. The van der Waals surface area contributed by atoms with Crippen LogP contribution in [-0.4, -0.2) is 35.9 Å². The first-order valence-electron chi connectivity index (χ1n) is 7.22. The number of aliphatic imine (C=N–C) groups is 1. The molecule has 0 amide bonds. The van der Waals surface area contributed by atoms with Crippen LogP contribution >= 0.6 is 35.3 Å². The first-order valence-corrected chi connectivity index (χ1v) is 8.10. The Morgan fingerprint density at radius 3 is 2.91 bits per heavy atom. The minimum atomic E-state index is 0. The smallest absolute Gasteiger partial charge is 0.191 e. The van der Waals surface area contributed by atoms with Gasteiger partial charge in [0.25, 0.3) is 0 Å². The van der Waals surface area contributed by atoms with Gasteiger partial charge in [-0.3, -0.25) is 9.67 Å². The third-order valence-electron chi connectivity index (χ3n) is 3.16. The lowest BCUT2D eigenvalue weighted by atomic mass is 10.1. The topological polar surface area (TPSA) is 54.2 Å². The fraction of sp³-hybridized carbons (Fsp3) is 0.467. The van der Waals surface area contributed by atoms with Crippen molar-refractivity contribution in [3.63, 3.8) is 0 Å². The van der Waals surface area contributed by atoms with Gasteiger partial charge in [-0.15, -0.1) is 35.3 Å². The molecule has 0 aliphatic rings. The number of rotatable bonds is 7. The SMILES string of the molecule is CN=C(NCCn1cccn1)NCC(C)Cc1cccs1.I. The summed E-state index contributed by atoms with van der Waals surface area (Å²) in [6.45, 7) is 4.81. The minimum absolute atomic E-state index is 0. The zero-order chi connectivity index (χ0) is 14.9. The second-order valence-corrected chi connectivity index (χ2v) is 6.07. The number of hydrogen-bond donors (Lipinski definition) is 2. The van der Waals surface area contributed by atoms with Crippen LogP contribution < -0.4 is 10.6 Å².